The molecule has 0 spiro atoms. The molecule has 1 unspecified atom stereocenters. The molecule has 1 atom stereocenters. The highest BCUT2D eigenvalue weighted by Gasteiger charge is 2.38. The Morgan fingerprint density at radius 1 is 1.38 bits per heavy atom. The highest BCUT2D eigenvalue weighted by molar-refractivity contribution is 7.85. The van der Waals surface area contributed by atoms with Crippen molar-refractivity contribution in [3.63, 3.8) is 0 Å². The Hall–Kier alpha value is -1.90. The predicted octanol–water partition coefficient (Wildman–Crippen LogP) is -0.595. The van der Waals surface area contributed by atoms with E-state index in [0.717, 1.165) is 5.69 Å². The Labute approximate surface area is 123 Å². The molecule has 1 aromatic heterocycles. The Bertz CT molecular complexity index is 592. The zero-order valence-corrected chi connectivity index (χ0v) is 12.1. The minimum absolute atomic E-state index is 0.208. The molecule has 2 N–H and O–H groups in total. The number of nitrogens with zero attached hydrogens (tertiary/aromatic N) is 3. The van der Waals surface area contributed by atoms with Crippen LogP contribution in [0.15, 0.2) is 6.33 Å². The molecule has 3 heterocycles. The molecular formula is C12H16N4O4S. The van der Waals surface area contributed by atoms with E-state index in [1.54, 1.807) is 4.90 Å². The van der Waals surface area contributed by atoms with Gasteiger partial charge in [-0.15, -0.1) is 0 Å². The topological polar surface area (TPSA) is 107 Å². The van der Waals surface area contributed by atoms with Crippen molar-refractivity contribution < 1.29 is 18.9 Å². The van der Waals surface area contributed by atoms with Crippen LogP contribution in [0, 0.1) is 0 Å². The molecule has 9 heteroatoms. The van der Waals surface area contributed by atoms with Gasteiger partial charge in [0.05, 0.1) is 24.3 Å². The maximum Gasteiger partial charge on any atom is 0.326 e. The van der Waals surface area contributed by atoms with Crippen LogP contribution in [0.5, 0.6) is 0 Å². The van der Waals surface area contributed by atoms with Crippen LogP contribution in [-0.4, -0.2) is 71.7 Å². The van der Waals surface area contributed by atoms with Crippen LogP contribution in [-0.2, 0) is 28.6 Å². The molecule has 0 radical (unpaired) electrons. The molecule has 114 valence electrons. The first kappa shape index (κ1) is 14.1. The summed E-state index contributed by atoms with van der Waals surface area (Å²) >= 11 is 0. The van der Waals surface area contributed by atoms with Gasteiger partial charge < -0.3 is 19.9 Å². The van der Waals surface area contributed by atoms with Crippen molar-refractivity contribution in [2.24, 2.45) is 0 Å². The first-order chi connectivity index (χ1) is 10.1. The number of aliphatic carboxylic acids is 1. The van der Waals surface area contributed by atoms with Gasteiger partial charge in [0, 0.05) is 41.8 Å². The number of amides is 2. The molecule has 2 amide bonds. The third kappa shape index (κ3) is 2.65. The molecule has 8 nitrogen and oxygen atoms in total. The van der Waals surface area contributed by atoms with E-state index in [9.17, 15) is 18.9 Å². The molecular weight excluding hydrogens is 296 g/mol. The largest absolute Gasteiger partial charge is 0.480 e. The second-order valence-electron chi connectivity index (χ2n) is 5.13. The van der Waals surface area contributed by atoms with Gasteiger partial charge in [-0.2, -0.15) is 0 Å². The average Bonchev–Trinajstić information content (AvgIpc) is 2.93. The van der Waals surface area contributed by atoms with Crippen molar-refractivity contribution in [3.05, 3.63) is 17.7 Å². The predicted molar refractivity (Wildman–Crippen MR) is 74.1 cm³/mol. The van der Waals surface area contributed by atoms with Crippen LogP contribution in [0.4, 0.5) is 4.79 Å². The molecule has 3 rings (SSSR count). The van der Waals surface area contributed by atoms with Crippen LogP contribution in [0.25, 0.3) is 0 Å². The first-order valence-electron chi connectivity index (χ1n) is 6.70. The molecule has 1 aromatic rings. The van der Waals surface area contributed by atoms with Crippen LogP contribution < -0.4 is 0 Å². The summed E-state index contributed by atoms with van der Waals surface area (Å²) in [4.78, 5) is 34.0. The highest BCUT2D eigenvalue weighted by atomic mass is 32.2. The van der Waals surface area contributed by atoms with Gasteiger partial charge in [-0.3, -0.25) is 4.21 Å². The van der Waals surface area contributed by atoms with Crippen LogP contribution in [0.1, 0.15) is 11.4 Å². The Balaban J connectivity index is 1.80. The normalized spacial score (nSPS) is 23.0. The van der Waals surface area contributed by atoms with Gasteiger partial charge >= 0.3 is 12.0 Å². The van der Waals surface area contributed by atoms with E-state index in [1.165, 1.54) is 11.2 Å². The van der Waals surface area contributed by atoms with Gasteiger partial charge in [-0.05, 0) is 0 Å². The number of carbonyl (C=O) groups is 2. The zero-order valence-electron chi connectivity index (χ0n) is 11.3. The lowest BCUT2D eigenvalue weighted by molar-refractivity contribution is -0.143. The van der Waals surface area contributed by atoms with Crippen molar-refractivity contribution in [1.29, 1.82) is 0 Å². The third-order valence-electron chi connectivity index (χ3n) is 3.88. The van der Waals surface area contributed by atoms with E-state index in [0.29, 0.717) is 30.3 Å². The lowest BCUT2D eigenvalue weighted by Crippen LogP contribution is -2.55. The average molecular weight is 312 g/mol. The zero-order chi connectivity index (χ0) is 15.0. The second-order valence-corrected chi connectivity index (χ2v) is 6.83. The van der Waals surface area contributed by atoms with Crippen LogP contribution >= 0.6 is 0 Å². The highest BCUT2D eigenvalue weighted by Crippen LogP contribution is 2.22. The van der Waals surface area contributed by atoms with E-state index in [2.05, 4.69) is 9.97 Å². The van der Waals surface area contributed by atoms with Gasteiger partial charge in [0.2, 0.25) is 0 Å². The molecule has 1 saturated heterocycles. The number of rotatable bonds is 1. The van der Waals surface area contributed by atoms with E-state index in [4.69, 9.17) is 0 Å². The number of hydrogen-bond donors (Lipinski definition) is 2. The van der Waals surface area contributed by atoms with E-state index in [1.807, 2.05) is 0 Å². The maximum absolute atomic E-state index is 12.6. The molecule has 0 bridgehead atoms. The molecule has 21 heavy (non-hydrogen) atoms. The van der Waals surface area contributed by atoms with E-state index >= 15 is 0 Å². The number of aromatic amines is 1. The number of urea groups is 1. The van der Waals surface area contributed by atoms with Crippen LogP contribution in [0.2, 0.25) is 0 Å². The fraction of sp³-hybridized carbons (Fsp3) is 0.583. The summed E-state index contributed by atoms with van der Waals surface area (Å²) in [6, 6.07) is -1.21. The Kier molecular flexibility index (Phi) is 3.66. The fourth-order valence-corrected chi connectivity index (χ4v) is 3.72. The number of hydrogen-bond acceptors (Lipinski definition) is 4. The van der Waals surface area contributed by atoms with Gasteiger partial charge in [-0.25, -0.2) is 14.6 Å². The van der Waals surface area contributed by atoms with E-state index < -0.39 is 22.8 Å². The number of carboxylic acid groups (broad SMARTS) is 1. The van der Waals surface area contributed by atoms with Gasteiger partial charge in [0.1, 0.15) is 6.04 Å². The monoisotopic (exact) mass is 312 g/mol. The van der Waals surface area contributed by atoms with Crippen LogP contribution in [0.3, 0.4) is 0 Å². The minimum atomic E-state index is -1.03. The number of nitrogens with one attached hydrogen (secondary N) is 1. The Morgan fingerprint density at radius 2 is 2.10 bits per heavy atom. The quantitative estimate of drug-likeness (QED) is 0.720. The molecule has 0 aliphatic carbocycles. The standard InChI is InChI=1S/C12H16N4O4S/c17-11(18)10-5-8-9(14-7-13-8)6-16(10)12(19)15-1-3-21(20)4-2-15/h7,10H,1-6H2,(H,13,14)(H,17,18). The molecule has 0 saturated carbocycles. The summed E-state index contributed by atoms with van der Waals surface area (Å²) in [6.07, 6.45) is 1.72. The molecule has 0 aromatic carbocycles. The van der Waals surface area contributed by atoms with E-state index in [-0.39, 0.29) is 19.0 Å². The third-order valence-corrected chi connectivity index (χ3v) is 5.15. The minimum Gasteiger partial charge on any atom is -0.480 e. The lowest BCUT2D eigenvalue weighted by Gasteiger charge is -2.37. The number of carbonyl (C=O) groups excluding carboxylic acids is 1. The first-order valence-corrected chi connectivity index (χ1v) is 8.19. The van der Waals surface area contributed by atoms with Crippen molar-refractivity contribution in [3.8, 4) is 0 Å². The number of aromatic nitrogens is 2. The second kappa shape index (κ2) is 5.47. The smallest absolute Gasteiger partial charge is 0.326 e. The summed E-state index contributed by atoms with van der Waals surface area (Å²) in [5.74, 6) is -0.128. The summed E-state index contributed by atoms with van der Waals surface area (Å²) in [7, 11) is -0.875. The van der Waals surface area contributed by atoms with Crippen molar-refractivity contribution in [2.75, 3.05) is 24.6 Å². The SMILES string of the molecule is O=C(O)C1Cc2nc[nH]c2CN1C(=O)N1CCS(=O)CC1. The number of imidazole rings is 1. The maximum atomic E-state index is 12.6. The van der Waals surface area contributed by atoms with Crippen molar-refractivity contribution >= 4 is 22.8 Å². The van der Waals surface area contributed by atoms with Crippen molar-refractivity contribution in [2.45, 2.75) is 19.0 Å². The van der Waals surface area contributed by atoms with Crippen molar-refractivity contribution in [1.82, 2.24) is 19.8 Å². The molecule has 1 fully saturated rings. The summed E-state index contributed by atoms with van der Waals surface area (Å²) in [5.41, 5.74) is 1.48. The summed E-state index contributed by atoms with van der Waals surface area (Å²) < 4.78 is 11.4. The summed E-state index contributed by atoms with van der Waals surface area (Å²) in [6.45, 7) is 1.03. The fourth-order valence-electron chi connectivity index (χ4n) is 2.67. The van der Waals surface area contributed by atoms with Gasteiger partial charge in [-0.1, -0.05) is 0 Å². The molecule has 2 aliphatic rings. The Morgan fingerprint density at radius 3 is 2.76 bits per heavy atom. The molecule has 2 aliphatic heterocycles. The van der Waals surface area contributed by atoms with Gasteiger partial charge in [0.15, 0.2) is 0 Å². The van der Waals surface area contributed by atoms with Gasteiger partial charge in [0.25, 0.3) is 0 Å². The number of H-pyrrole nitrogens is 1. The number of fused-ring (bicyclic) bond motifs is 1. The lowest BCUT2D eigenvalue weighted by atomic mass is 10.0. The summed E-state index contributed by atoms with van der Waals surface area (Å²) in [5, 5.41) is 9.36. The number of carboxylic acids is 1.